The predicted molar refractivity (Wildman–Crippen MR) is 75.6 cm³/mol. The van der Waals surface area contributed by atoms with Crippen LogP contribution in [0.4, 0.5) is 5.13 Å². The lowest BCUT2D eigenvalue weighted by Crippen LogP contribution is -2.15. The Kier molecular flexibility index (Phi) is 4.13. The Balaban J connectivity index is 1.49. The average molecular weight is 280 g/mol. The summed E-state index contributed by atoms with van der Waals surface area (Å²) in [5, 5.41) is 3.72. The SMILES string of the molecule is O=C(CC[C@H]1CCCO1)Nc1nc2c(s1)CCCC2. The van der Waals surface area contributed by atoms with E-state index >= 15 is 0 Å². The summed E-state index contributed by atoms with van der Waals surface area (Å²) in [6, 6.07) is 0. The molecular weight excluding hydrogens is 260 g/mol. The van der Waals surface area contributed by atoms with Crippen LogP contribution in [0.1, 0.15) is 49.1 Å². The molecule has 1 aliphatic heterocycles. The van der Waals surface area contributed by atoms with E-state index < -0.39 is 0 Å². The third kappa shape index (κ3) is 3.34. The van der Waals surface area contributed by atoms with Crippen molar-refractivity contribution in [3.8, 4) is 0 Å². The summed E-state index contributed by atoms with van der Waals surface area (Å²) in [5.41, 5.74) is 1.20. The van der Waals surface area contributed by atoms with E-state index in [1.807, 2.05) is 0 Å². The Morgan fingerprint density at radius 1 is 1.37 bits per heavy atom. The zero-order chi connectivity index (χ0) is 13.1. The number of nitrogens with one attached hydrogen (secondary N) is 1. The van der Waals surface area contributed by atoms with Crippen LogP contribution in [0.15, 0.2) is 0 Å². The van der Waals surface area contributed by atoms with Gasteiger partial charge in [0.15, 0.2) is 5.13 Å². The van der Waals surface area contributed by atoms with Gasteiger partial charge in [-0.3, -0.25) is 4.79 Å². The molecule has 0 aromatic carbocycles. The van der Waals surface area contributed by atoms with Crippen molar-refractivity contribution in [2.75, 3.05) is 11.9 Å². The molecule has 0 spiro atoms. The van der Waals surface area contributed by atoms with Gasteiger partial charge >= 0.3 is 0 Å². The molecule has 0 radical (unpaired) electrons. The van der Waals surface area contributed by atoms with Gasteiger partial charge in [-0.1, -0.05) is 0 Å². The zero-order valence-corrected chi connectivity index (χ0v) is 11.9. The molecule has 1 N–H and O–H groups in total. The molecule has 104 valence electrons. The van der Waals surface area contributed by atoms with E-state index in [1.165, 1.54) is 23.4 Å². The van der Waals surface area contributed by atoms with Gasteiger partial charge in [0, 0.05) is 17.9 Å². The van der Waals surface area contributed by atoms with Crippen LogP contribution in [0, 0.1) is 0 Å². The van der Waals surface area contributed by atoms with Crippen molar-refractivity contribution in [2.24, 2.45) is 0 Å². The Bertz CT molecular complexity index is 429. The smallest absolute Gasteiger partial charge is 0.226 e. The van der Waals surface area contributed by atoms with E-state index in [0.29, 0.717) is 6.42 Å². The number of fused-ring (bicyclic) bond motifs is 1. The maximum atomic E-state index is 11.9. The van der Waals surface area contributed by atoms with E-state index in [1.54, 1.807) is 11.3 Å². The first kappa shape index (κ1) is 13.1. The first-order valence-corrected chi connectivity index (χ1v) is 8.03. The minimum Gasteiger partial charge on any atom is -0.378 e. The average Bonchev–Trinajstić information content (AvgIpc) is 3.04. The molecule has 1 atom stereocenters. The normalized spacial score (nSPS) is 22.2. The molecule has 2 heterocycles. The molecule has 1 aromatic rings. The number of ether oxygens (including phenoxy) is 1. The third-order valence-corrected chi connectivity index (χ3v) is 4.88. The van der Waals surface area contributed by atoms with E-state index in [4.69, 9.17) is 4.74 Å². The van der Waals surface area contributed by atoms with Crippen LogP contribution in [0.2, 0.25) is 0 Å². The van der Waals surface area contributed by atoms with Crippen molar-refractivity contribution in [3.05, 3.63) is 10.6 Å². The van der Waals surface area contributed by atoms with Crippen molar-refractivity contribution in [1.82, 2.24) is 4.98 Å². The Morgan fingerprint density at radius 3 is 3.05 bits per heavy atom. The number of nitrogens with zero attached hydrogens (tertiary/aromatic N) is 1. The quantitative estimate of drug-likeness (QED) is 0.922. The van der Waals surface area contributed by atoms with Gasteiger partial charge in [-0.25, -0.2) is 4.98 Å². The third-order valence-electron chi connectivity index (χ3n) is 3.81. The van der Waals surface area contributed by atoms with Crippen LogP contribution >= 0.6 is 11.3 Å². The number of hydrogen-bond donors (Lipinski definition) is 1. The molecule has 1 amide bonds. The molecule has 0 unspecified atom stereocenters. The van der Waals surface area contributed by atoms with Gasteiger partial charge in [0.2, 0.25) is 5.91 Å². The number of rotatable bonds is 4. The molecule has 1 fully saturated rings. The van der Waals surface area contributed by atoms with Gasteiger partial charge in [0.05, 0.1) is 11.8 Å². The molecule has 0 bridgehead atoms. The number of aryl methyl sites for hydroxylation is 2. The lowest BCUT2D eigenvalue weighted by molar-refractivity contribution is -0.116. The molecule has 0 saturated carbocycles. The number of thiazole rings is 1. The Morgan fingerprint density at radius 2 is 2.26 bits per heavy atom. The summed E-state index contributed by atoms with van der Waals surface area (Å²) in [6.07, 6.45) is 8.55. The fraction of sp³-hybridized carbons (Fsp3) is 0.714. The largest absolute Gasteiger partial charge is 0.378 e. The number of carbonyl (C=O) groups is 1. The van der Waals surface area contributed by atoms with Crippen LogP contribution in [0.5, 0.6) is 0 Å². The summed E-state index contributed by atoms with van der Waals surface area (Å²) in [5.74, 6) is 0.0709. The maximum absolute atomic E-state index is 11.9. The molecule has 5 heteroatoms. The molecule has 1 aromatic heterocycles. The van der Waals surface area contributed by atoms with Crippen LogP contribution < -0.4 is 5.32 Å². The Labute approximate surface area is 117 Å². The topological polar surface area (TPSA) is 51.2 Å². The van der Waals surface area contributed by atoms with Crippen LogP contribution in [-0.4, -0.2) is 23.6 Å². The van der Waals surface area contributed by atoms with Crippen molar-refractivity contribution in [2.45, 2.75) is 57.5 Å². The number of hydrogen-bond acceptors (Lipinski definition) is 4. The van der Waals surface area contributed by atoms with Gasteiger partial charge in [0.25, 0.3) is 0 Å². The molecular formula is C14H20N2O2S. The number of aromatic nitrogens is 1. The van der Waals surface area contributed by atoms with Gasteiger partial charge < -0.3 is 10.1 Å². The highest BCUT2D eigenvalue weighted by atomic mass is 32.1. The molecule has 4 nitrogen and oxygen atoms in total. The Hall–Kier alpha value is -0.940. The van der Waals surface area contributed by atoms with E-state index in [0.717, 1.165) is 43.8 Å². The van der Waals surface area contributed by atoms with Gasteiger partial charge in [-0.2, -0.15) is 0 Å². The standard InChI is InChI=1S/C14H20N2O2S/c17-13(8-7-10-4-3-9-18-10)16-14-15-11-5-1-2-6-12(11)19-14/h10H,1-9H2,(H,15,16,17)/t10-/m1/s1. The minimum absolute atomic E-state index is 0.0709. The monoisotopic (exact) mass is 280 g/mol. The molecule has 19 heavy (non-hydrogen) atoms. The highest BCUT2D eigenvalue weighted by molar-refractivity contribution is 7.15. The number of anilines is 1. The predicted octanol–water partition coefficient (Wildman–Crippen LogP) is 2.92. The van der Waals surface area contributed by atoms with Gasteiger partial charge in [-0.15, -0.1) is 11.3 Å². The van der Waals surface area contributed by atoms with E-state index in [2.05, 4.69) is 10.3 Å². The highest BCUT2D eigenvalue weighted by Gasteiger charge is 2.19. The lowest BCUT2D eigenvalue weighted by atomic mass is 10.0. The van der Waals surface area contributed by atoms with Gasteiger partial charge in [-0.05, 0) is 44.9 Å². The fourth-order valence-electron chi connectivity index (χ4n) is 2.75. The van der Waals surface area contributed by atoms with Crippen molar-refractivity contribution >= 4 is 22.4 Å². The van der Waals surface area contributed by atoms with Crippen molar-refractivity contribution in [3.63, 3.8) is 0 Å². The first-order chi connectivity index (χ1) is 9.31. The summed E-state index contributed by atoms with van der Waals surface area (Å²) >= 11 is 1.65. The summed E-state index contributed by atoms with van der Waals surface area (Å²) in [4.78, 5) is 17.8. The maximum Gasteiger partial charge on any atom is 0.226 e. The first-order valence-electron chi connectivity index (χ1n) is 7.21. The second-order valence-electron chi connectivity index (χ2n) is 5.32. The molecule has 2 aliphatic rings. The van der Waals surface area contributed by atoms with E-state index in [9.17, 15) is 4.79 Å². The molecule has 1 aliphatic carbocycles. The minimum atomic E-state index is 0.0709. The zero-order valence-electron chi connectivity index (χ0n) is 11.1. The summed E-state index contributed by atoms with van der Waals surface area (Å²) in [7, 11) is 0. The number of amides is 1. The van der Waals surface area contributed by atoms with Gasteiger partial charge in [0.1, 0.15) is 0 Å². The number of carbonyl (C=O) groups excluding carboxylic acids is 1. The van der Waals surface area contributed by atoms with Crippen LogP contribution in [-0.2, 0) is 22.4 Å². The summed E-state index contributed by atoms with van der Waals surface area (Å²) in [6.45, 7) is 0.853. The second kappa shape index (κ2) is 6.01. The molecule has 3 rings (SSSR count). The molecule has 1 saturated heterocycles. The van der Waals surface area contributed by atoms with Crippen LogP contribution in [0.25, 0.3) is 0 Å². The lowest BCUT2D eigenvalue weighted by Gasteiger charge is -2.07. The van der Waals surface area contributed by atoms with Crippen molar-refractivity contribution < 1.29 is 9.53 Å². The highest BCUT2D eigenvalue weighted by Crippen LogP contribution is 2.29. The van der Waals surface area contributed by atoms with Crippen molar-refractivity contribution in [1.29, 1.82) is 0 Å². The summed E-state index contributed by atoms with van der Waals surface area (Å²) < 4.78 is 5.53. The second-order valence-corrected chi connectivity index (χ2v) is 6.40. The van der Waals surface area contributed by atoms with Crippen LogP contribution in [0.3, 0.4) is 0 Å². The fourth-order valence-corrected chi connectivity index (χ4v) is 3.82. The van der Waals surface area contributed by atoms with E-state index in [-0.39, 0.29) is 12.0 Å².